The average Bonchev–Trinajstić information content (AvgIpc) is 3.30. The fourth-order valence-electron chi connectivity index (χ4n) is 3.62. The van der Waals surface area contributed by atoms with Crippen molar-refractivity contribution in [2.45, 2.75) is 39.5 Å². The minimum Gasteiger partial charge on any atom is -0.406 e. The topological polar surface area (TPSA) is 72.8 Å². The van der Waals surface area contributed by atoms with Crippen molar-refractivity contribution < 1.29 is 9.53 Å². The van der Waals surface area contributed by atoms with Gasteiger partial charge in [-0.1, -0.05) is 56.3 Å². The van der Waals surface area contributed by atoms with Crippen molar-refractivity contribution in [2.24, 2.45) is 0 Å². The average molecular weight is 388 g/mol. The summed E-state index contributed by atoms with van der Waals surface area (Å²) in [5.41, 5.74) is 4.42. The molecule has 6 heteroatoms. The molecule has 2 aromatic carbocycles. The molecule has 0 aliphatic heterocycles. The summed E-state index contributed by atoms with van der Waals surface area (Å²) in [6.07, 6.45) is 1.36. The number of carbonyl (C=O) groups is 1. The van der Waals surface area contributed by atoms with Gasteiger partial charge in [0.15, 0.2) is 0 Å². The predicted molar refractivity (Wildman–Crippen MR) is 112 cm³/mol. The normalized spacial score (nSPS) is 12.2. The number of aromatic amines is 1. The highest BCUT2D eigenvalue weighted by Crippen LogP contribution is 2.29. The van der Waals surface area contributed by atoms with E-state index >= 15 is 0 Å². The molecule has 0 aliphatic rings. The van der Waals surface area contributed by atoms with Crippen molar-refractivity contribution in [1.29, 1.82) is 0 Å². The van der Waals surface area contributed by atoms with E-state index in [1.54, 1.807) is 4.68 Å². The van der Waals surface area contributed by atoms with Crippen LogP contribution in [0, 0.1) is 6.92 Å². The van der Waals surface area contributed by atoms with Gasteiger partial charge in [-0.2, -0.15) is 9.78 Å². The molecule has 0 bridgehead atoms. The molecule has 4 aromatic rings. The van der Waals surface area contributed by atoms with Gasteiger partial charge < -0.3 is 9.72 Å². The van der Waals surface area contributed by atoms with Crippen LogP contribution in [-0.2, 0) is 11.2 Å². The molecule has 0 unspecified atom stereocenters. The predicted octanol–water partition coefficient (Wildman–Crippen LogP) is 4.72. The molecule has 0 saturated carbocycles. The monoisotopic (exact) mass is 388 g/mol. The third-order valence-electron chi connectivity index (χ3n) is 5.16. The van der Waals surface area contributed by atoms with Crippen LogP contribution in [0.2, 0.25) is 0 Å². The van der Waals surface area contributed by atoms with Crippen LogP contribution in [0.4, 0.5) is 0 Å². The molecular formula is C23H24N4O2. The number of aryl methyl sites for hydroxylation is 1. The van der Waals surface area contributed by atoms with Crippen molar-refractivity contribution in [2.75, 3.05) is 0 Å². The minimum atomic E-state index is -0.333. The van der Waals surface area contributed by atoms with Crippen LogP contribution in [0.25, 0.3) is 17.0 Å². The maximum atomic E-state index is 13.1. The molecule has 1 N–H and O–H groups in total. The van der Waals surface area contributed by atoms with Crippen LogP contribution in [0.15, 0.2) is 54.6 Å². The second-order valence-corrected chi connectivity index (χ2v) is 7.00. The first-order valence-corrected chi connectivity index (χ1v) is 9.92. The molecule has 4 rings (SSSR count). The Bertz CT molecular complexity index is 1110. The number of benzene rings is 2. The van der Waals surface area contributed by atoms with E-state index in [1.165, 1.54) is 0 Å². The number of aromatic nitrogens is 4. The van der Waals surface area contributed by atoms with Crippen molar-refractivity contribution in [3.8, 4) is 11.8 Å². The SMILES string of the molecule is CCc1c(C)nn(-c2nc3ccccc3[nH]2)c1OC(=O)[C@H](CC)c1ccccc1. The van der Waals surface area contributed by atoms with Crippen molar-refractivity contribution in [1.82, 2.24) is 19.7 Å². The van der Waals surface area contributed by atoms with Gasteiger partial charge in [0.2, 0.25) is 11.8 Å². The molecule has 0 fully saturated rings. The van der Waals surface area contributed by atoms with E-state index in [4.69, 9.17) is 4.74 Å². The largest absolute Gasteiger partial charge is 0.406 e. The lowest BCUT2D eigenvalue weighted by molar-refractivity contribution is -0.136. The molecule has 2 aromatic heterocycles. The third-order valence-corrected chi connectivity index (χ3v) is 5.16. The molecule has 148 valence electrons. The molecule has 0 spiro atoms. The molecule has 2 heterocycles. The van der Waals surface area contributed by atoms with Crippen molar-refractivity contribution in [3.05, 3.63) is 71.4 Å². The van der Waals surface area contributed by atoms with E-state index in [0.29, 0.717) is 24.7 Å². The highest BCUT2D eigenvalue weighted by atomic mass is 16.5. The van der Waals surface area contributed by atoms with Crippen LogP contribution in [0.5, 0.6) is 5.88 Å². The maximum absolute atomic E-state index is 13.1. The highest BCUT2D eigenvalue weighted by Gasteiger charge is 2.26. The zero-order chi connectivity index (χ0) is 20.4. The van der Waals surface area contributed by atoms with E-state index < -0.39 is 0 Å². The number of carbonyl (C=O) groups excluding carboxylic acids is 1. The molecule has 29 heavy (non-hydrogen) atoms. The number of hydrogen-bond donors (Lipinski definition) is 1. The van der Waals surface area contributed by atoms with Crippen LogP contribution in [0.3, 0.4) is 0 Å². The van der Waals surface area contributed by atoms with Gasteiger partial charge >= 0.3 is 5.97 Å². The standard InChI is InChI=1S/C23H24N4O2/c1-4-17-15(3)26-27(23-24-19-13-9-10-14-20(19)25-23)21(17)29-22(28)18(5-2)16-11-7-6-8-12-16/h6-14,18H,4-5H2,1-3H3,(H,24,25)/t18-/m1/s1. The summed E-state index contributed by atoms with van der Waals surface area (Å²) in [4.78, 5) is 21.0. The van der Waals surface area contributed by atoms with E-state index in [-0.39, 0.29) is 11.9 Å². The number of H-pyrrole nitrogens is 1. The summed E-state index contributed by atoms with van der Waals surface area (Å²) in [5.74, 6) is 0.346. The number of esters is 1. The van der Waals surface area contributed by atoms with Crippen LogP contribution < -0.4 is 4.74 Å². The van der Waals surface area contributed by atoms with Gasteiger partial charge in [0.05, 0.1) is 22.6 Å². The van der Waals surface area contributed by atoms with Gasteiger partial charge in [-0.05, 0) is 37.5 Å². The summed E-state index contributed by atoms with van der Waals surface area (Å²) < 4.78 is 7.55. The summed E-state index contributed by atoms with van der Waals surface area (Å²) in [7, 11) is 0. The van der Waals surface area contributed by atoms with Gasteiger partial charge in [0.25, 0.3) is 0 Å². The fourth-order valence-corrected chi connectivity index (χ4v) is 3.62. The molecule has 1 atom stereocenters. The second kappa shape index (κ2) is 7.91. The molecule has 6 nitrogen and oxygen atoms in total. The number of rotatable bonds is 6. The smallest absolute Gasteiger partial charge is 0.320 e. The van der Waals surface area contributed by atoms with Crippen molar-refractivity contribution >= 4 is 17.0 Å². The molecule has 0 saturated heterocycles. The molecule has 0 radical (unpaired) electrons. The van der Waals surface area contributed by atoms with E-state index in [9.17, 15) is 4.79 Å². The van der Waals surface area contributed by atoms with Crippen LogP contribution in [0.1, 0.15) is 43.0 Å². The molecular weight excluding hydrogens is 364 g/mol. The Balaban J connectivity index is 1.74. The first kappa shape index (κ1) is 18.9. The first-order chi connectivity index (χ1) is 14.1. The quantitative estimate of drug-likeness (QED) is 0.485. The van der Waals surface area contributed by atoms with Crippen LogP contribution in [-0.4, -0.2) is 25.7 Å². The number of nitrogens with zero attached hydrogens (tertiary/aromatic N) is 3. The lowest BCUT2D eigenvalue weighted by Crippen LogP contribution is -2.20. The maximum Gasteiger partial charge on any atom is 0.320 e. The number of fused-ring (bicyclic) bond motifs is 1. The zero-order valence-electron chi connectivity index (χ0n) is 16.8. The van der Waals surface area contributed by atoms with E-state index in [0.717, 1.165) is 27.9 Å². The van der Waals surface area contributed by atoms with E-state index in [1.807, 2.05) is 75.4 Å². The Morgan fingerprint density at radius 2 is 1.83 bits per heavy atom. The Hall–Kier alpha value is -3.41. The highest BCUT2D eigenvalue weighted by molar-refractivity contribution is 5.80. The van der Waals surface area contributed by atoms with Gasteiger partial charge in [0, 0.05) is 5.56 Å². The summed E-state index contributed by atoms with van der Waals surface area (Å²) in [6.45, 7) is 5.93. The van der Waals surface area contributed by atoms with Gasteiger partial charge in [0.1, 0.15) is 0 Å². The van der Waals surface area contributed by atoms with Crippen molar-refractivity contribution in [3.63, 3.8) is 0 Å². The van der Waals surface area contributed by atoms with Gasteiger partial charge in [-0.25, -0.2) is 4.98 Å². The van der Waals surface area contributed by atoms with Gasteiger partial charge in [-0.3, -0.25) is 4.79 Å². The number of para-hydroxylation sites is 2. The Morgan fingerprint density at radius 3 is 2.52 bits per heavy atom. The van der Waals surface area contributed by atoms with Gasteiger partial charge in [-0.15, -0.1) is 0 Å². The van der Waals surface area contributed by atoms with Crippen LogP contribution >= 0.6 is 0 Å². The number of imidazole rings is 1. The summed E-state index contributed by atoms with van der Waals surface area (Å²) in [5, 5.41) is 4.60. The number of nitrogens with one attached hydrogen (secondary N) is 1. The van der Waals surface area contributed by atoms with E-state index in [2.05, 4.69) is 15.1 Å². The molecule has 0 amide bonds. The number of hydrogen-bond acceptors (Lipinski definition) is 4. The Labute approximate surface area is 169 Å². The first-order valence-electron chi connectivity index (χ1n) is 9.92. The number of ether oxygens (including phenoxy) is 1. The lowest BCUT2D eigenvalue weighted by atomic mass is 9.97. The Kier molecular flexibility index (Phi) is 5.16. The summed E-state index contributed by atoms with van der Waals surface area (Å²) >= 11 is 0. The third kappa shape index (κ3) is 3.53. The second-order valence-electron chi connectivity index (χ2n) is 7.00. The molecule has 0 aliphatic carbocycles. The fraction of sp³-hybridized carbons (Fsp3) is 0.261. The zero-order valence-corrected chi connectivity index (χ0v) is 16.8. The minimum absolute atomic E-state index is 0.286. The lowest BCUT2D eigenvalue weighted by Gasteiger charge is -2.15. The Morgan fingerprint density at radius 1 is 1.10 bits per heavy atom. The summed E-state index contributed by atoms with van der Waals surface area (Å²) in [6, 6.07) is 17.5.